The lowest BCUT2D eigenvalue weighted by Crippen LogP contribution is -2.30. The number of anilines is 2. The summed E-state index contributed by atoms with van der Waals surface area (Å²) < 4.78 is 5.35. The minimum absolute atomic E-state index is 0.00305. The fourth-order valence-corrected chi connectivity index (χ4v) is 5.83. The molecule has 8 nitrogen and oxygen atoms in total. The second kappa shape index (κ2) is 14.4. The molecule has 0 saturated heterocycles. The van der Waals surface area contributed by atoms with Gasteiger partial charge in [0.2, 0.25) is 5.91 Å². The fraction of sp³-hybridized carbons (Fsp3) is 0.0625. The van der Waals surface area contributed by atoms with E-state index in [2.05, 4.69) is 20.9 Å². The Morgan fingerprint density at radius 2 is 1.75 bits per heavy atom. The molecule has 0 aliphatic heterocycles. The van der Waals surface area contributed by atoms with Crippen LogP contribution in [0.4, 0.5) is 10.8 Å². The molecule has 0 bridgehead atoms. The van der Waals surface area contributed by atoms with Crippen LogP contribution in [0, 0.1) is 0 Å². The standard InChI is InChI=1S/C32H24Cl2N4O4S2/c1-19(29(39)38-32-37-28(18-43-32)21-12-13-25(33)26(34)15-21)44-24-11-5-9-22(16-24)35-31(41)27(17-23-10-6-14-42-23)36-30(40)20-7-3-2-4-8-20/h2-19H,1H3,(H,35,41)(H,36,40)(H,37,38,39)/b27-17-. The number of benzene rings is 3. The van der Waals surface area contributed by atoms with Gasteiger partial charge in [-0.1, -0.05) is 53.5 Å². The van der Waals surface area contributed by atoms with Crippen LogP contribution in [0.2, 0.25) is 10.0 Å². The third-order valence-electron chi connectivity index (χ3n) is 6.08. The van der Waals surface area contributed by atoms with Crippen molar-refractivity contribution in [3.63, 3.8) is 0 Å². The summed E-state index contributed by atoms with van der Waals surface area (Å²) in [5.41, 5.74) is 2.35. The van der Waals surface area contributed by atoms with Crippen LogP contribution >= 0.6 is 46.3 Å². The Morgan fingerprint density at radius 1 is 0.932 bits per heavy atom. The van der Waals surface area contributed by atoms with Crippen molar-refractivity contribution in [3.8, 4) is 11.3 Å². The van der Waals surface area contributed by atoms with Crippen molar-refractivity contribution in [3.05, 3.63) is 124 Å². The summed E-state index contributed by atoms with van der Waals surface area (Å²) in [6.07, 6.45) is 2.92. The van der Waals surface area contributed by atoms with E-state index in [0.29, 0.717) is 37.9 Å². The van der Waals surface area contributed by atoms with Gasteiger partial charge in [0.25, 0.3) is 11.8 Å². The highest BCUT2D eigenvalue weighted by Crippen LogP contribution is 2.31. The van der Waals surface area contributed by atoms with Gasteiger partial charge in [-0.15, -0.1) is 23.1 Å². The van der Waals surface area contributed by atoms with Crippen molar-refractivity contribution in [1.82, 2.24) is 10.3 Å². The van der Waals surface area contributed by atoms with Crippen LogP contribution in [0.25, 0.3) is 17.3 Å². The molecule has 0 spiro atoms. The zero-order valence-electron chi connectivity index (χ0n) is 23.0. The van der Waals surface area contributed by atoms with E-state index in [-0.39, 0.29) is 11.6 Å². The molecule has 0 saturated carbocycles. The maximum atomic E-state index is 13.3. The number of hydrogen-bond acceptors (Lipinski definition) is 7. The first-order chi connectivity index (χ1) is 21.2. The van der Waals surface area contributed by atoms with Crippen LogP contribution in [-0.4, -0.2) is 28.0 Å². The molecule has 3 amide bonds. The normalized spacial score (nSPS) is 11.9. The molecule has 0 radical (unpaired) electrons. The molecule has 1 atom stereocenters. The number of nitrogens with zero attached hydrogens (tertiary/aromatic N) is 1. The highest BCUT2D eigenvalue weighted by molar-refractivity contribution is 8.00. The zero-order valence-corrected chi connectivity index (χ0v) is 26.2. The molecular formula is C32H24Cl2N4O4S2. The van der Waals surface area contributed by atoms with Gasteiger partial charge in [0.1, 0.15) is 11.5 Å². The number of carbonyl (C=O) groups is 3. The highest BCUT2D eigenvalue weighted by Gasteiger charge is 2.19. The van der Waals surface area contributed by atoms with Crippen LogP contribution in [0.15, 0.2) is 112 Å². The van der Waals surface area contributed by atoms with Gasteiger partial charge in [-0.3, -0.25) is 14.4 Å². The van der Waals surface area contributed by atoms with E-state index in [1.165, 1.54) is 35.4 Å². The van der Waals surface area contributed by atoms with Crippen LogP contribution in [0.5, 0.6) is 0 Å². The van der Waals surface area contributed by atoms with Crippen molar-refractivity contribution < 1.29 is 18.8 Å². The summed E-state index contributed by atoms with van der Waals surface area (Å²) in [5, 5.41) is 11.0. The van der Waals surface area contributed by atoms with E-state index in [4.69, 9.17) is 27.6 Å². The molecule has 12 heteroatoms. The molecule has 3 N–H and O–H groups in total. The smallest absolute Gasteiger partial charge is 0.272 e. The predicted molar refractivity (Wildman–Crippen MR) is 177 cm³/mol. The van der Waals surface area contributed by atoms with Gasteiger partial charge in [-0.2, -0.15) is 0 Å². The molecule has 44 heavy (non-hydrogen) atoms. The number of nitrogens with one attached hydrogen (secondary N) is 3. The van der Waals surface area contributed by atoms with Crippen molar-refractivity contribution in [2.75, 3.05) is 10.6 Å². The fourth-order valence-electron chi connectivity index (χ4n) is 3.89. The quantitative estimate of drug-likeness (QED) is 0.103. The highest BCUT2D eigenvalue weighted by atomic mass is 35.5. The Kier molecular flexibility index (Phi) is 10.2. The number of rotatable bonds is 10. The van der Waals surface area contributed by atoms with Gasteiger partial charge in [0.15, 0.2) is 5.13 Å². The monoisotopic (exact) mass is 662 g/mol. The lowest BCUT2D eigenvalue weighted by molar-refractivity contribution is -0.115. The molecule has 2 aromatic heterocycles. The van der Waals surface area contributed by atoms with E-state index in [0.717, 1.165) is 10.5 Å². The van der Waals surface area contributed by atoms with Crippen molar-refractivity contribution >= 4 is 80.9 Å². The van der Waals surface area contributed by atoms with Gasteiger partial charge in [0, 0.05) is 33.2 Å². The van der Waals surface area contributed by atoms with Crippen molar-refractivity contribution in [1.29, 1.82) is 0 Å². The van der Waals surface area contributed by atoms with E-state index < -0.39 is 17.1 Å². The molecule has 5 aromatic rings. The van der Waals surface area contributed by atoms with Crippen molar-refractivity contribution in [2.24, 2.45) is 0 Å². The molecule has 2 heterocycles. The van der Waals surface area contributed by atoms with E-state index in [9.17, 15) is 14.4 Å². The zero-order chi connectivity index (χ0) is 31.1. The van der Waals surface area contributed by atoms with Crippen LogP contribution in [-0.2, 0) is 9.59 Å². The molecule has 0 fully saturated rings. The number of thiazole rings is 1. The third-order valence-corrected chi connectivity index (χ3v) is 8.67. The predicted octanol–water partition coefficient (Wildman–Crippen LogP) is 8.24. The van der Waals surface area contributed by atoms with Crippen LogP contribution < -0.4 is 16.0 Å². The number of hydrogen-bond donors (Lipinski definition) is 3. The number of thioether (sulfide) groups is 1. The summed E-state index contributed by atoms with van der Waals surface area (Å²) in [5.74, 6) is -0.809. The second-order valence-corrected chi connectivity index (χ2v) is 12.4. The Bertz CT molecular complexity index is 1830. The molecule has 1 unspecified atom stereocenters. The Balaban J connectivity index is 1.22. The maximum Gasteiger partial charge on any atom is 0.272 e. The van der Waals surface area contributed by atoms with Crippen molar-refractivity contribution in [2.45, 2.75) is 17.1 Å². The van der Waals surface area contributed by atoms with E-state index in [1.54, 1.807) is 79.7 Å². The number of halogens is 2. The largest absolute Gasteiger partial charge is 0.465 e. The molecule has 5 rings (SSSR count). The van der Waals surface area contributed by atoms with E-state index >= 15 is 0 Å². The Hall–Kier alpha value is -4.35. The number of furan rings is 1. The lowest BCUT2D eigenvalue weighted by Gasteiger charge is -2.13. The van der Waals surface area contributed by atoms with Crippen LogP contribution in [0.1, 0.15) is 23.0 Å². The van der Waals surface area contributed by atoms with Gasteiger partial charge >= 0.3 is 0 Å². The molecule has 0 aliphatic rings. The first-order valence-corrected chi connectivity index (χ1v) is 15.7. The molecule has 222 valence electrons. The molecule has 3 aromatic carbocycles. The minimum Gasteiger partial charge on any atom is -0.465 e. The van der Waals surface area contributed by atoms with Gasteiger partial charge in [0.05, 0.1) is 27.3 Å². The first-order valence-electron chi connectivity index (χ1n) is 13.2. The van der Waals surface area contributed by atoms with Gasteiger partial charge < -0.3 is 20.4 Å². The number of amides is 3. The minimum atomic E-state index is -0.542. The summed E-state index contributed by atoms with van der Waals surface area (Å²) >= 11 is 14.8. The summed E-state index contributed by atoms with van der Waals surface area (Å²) in [6.45, 7) is 1.78. The Morgan fingerprint density at radius 3 is 2.50 bits per heavy atom. The second-order valence-electron chi connectivity index (χ2n) is 9.29. The Labute approximate surface area is 271 Å². The average molecular weight is 664 g/mol. The number of aromatic nitrogens is 1. The number of carbonyl (C=O) groups excluding carboxylic acids is 3. The summed E-state index contributed by atoms with van der Waals surface area (Å²) in [4.78, 5) is 44.3. The first kappa shape index (κ1) is 31.1. The van der Waals surface area contributed by atoms with Gasteiger partial charge in [-0.25, -0.2) is 4.98 Å². The average Bonchev–Trinajstić information content (AvgIpc) is 3.71. The molecular weight excluding hydrogens is 639 g/mol. The van der Waals surface area contributed by atoms with E-state index in [1.807, 2.05) is 17.5 Å². The summed E-state index contributed by atoms with van der Waals surface area (Å²) in [6, 6.07) is 24.2. The van der Waals surface area contributed by atoms with Gasteiger partial charge in [-0.05, 0) is 61.5 Å². The lowest BCUT2D eigenvalue weighted by atomic mass is 10.2. The topological polar surface area (TPSA) is 113 Å². The maximum absolute atomic E-state index is 13.3. The third kappa shape index (κ3) is 8.18. The summed E-state index contributed by atoms with van der Waals surface area (Å²) in [7, 11) is 0. The SMILES string of the molecule is CC(Sc1cccc(NC(=O)/C(=C/c2ccco2)NC(=O)c2ccccc2)c1)C(=O)Nc1nc(-c2ccc(Cl)c(Cl)c2)cs1. The molecule has 0 aliphatic carbocycles. The van der Waals surface area contributed by atoms with Crippen LogP contribution in [0.3, 0.4) is 0 Å².